The molecule has 2 heterocycles. The van der Waals surface area contributed by atoms with Crippen molar-refractivity contribution in [2.45, 2.75) is 6.54 Å². The van der Waals surface area contributed by atoms with Gasteiger partial charge in [-0.25, -0.2) is 4.79 Å². The van der Waals surface area contributed by atoms with E-state index in [1.807, 2.05) is 24.3 Å². The average Bonchev–Trinajstić information content (AvgIpc) is 3.13. The fourth-order valence-corrected chi connectivity index (χ4v) is 2.58. The summed E-state index contributed by atoms with van der Waals surface area (Å²) in [5.74, 6) is -0.184. The molecule has 2 N–H and O–H groups in total. The van der Waals surface area contributed by atoms with Gasteiger partial charge in [-0.3, -0.25) is 9.69 Å². The fraction of sp³-hybridized carbons (Fsp3) is 0.200. The predicted octanol–water partition coefficient (Wildman–Crippen LogP) is 2.66. The van der Waals surface area contributed by atoms with Crippen molar-refractivity contribution in [2.24, 2.45) is 0 Å². The lowest BCUT2D eigenvalue weighted by molar-refractivity contribution is 0.0946. The zero-order valence-corrected chi connectivity index (χ0v) is 13.2. The monoisotopic (exact) mass is 363 g/mol. The van der Waals surface area contributed by atoms with Gasteiger partial charge >= 0.3 is 6.09 Å². The van der Waals surface area contributed by atoms with E-state index in [9.17, 15) is 9.59 Å². The normalized spacial score (nSPS) is 14.0. The van der Waals surface area contributed by atoms with Crippen LogP contribution in [0, 0.1) is 0 Å². The molecule has 0 spiro atoms. The minimum Gasteiger partial charge on any atom is -0.447 e. The molecule has 1 fully saturated rings. The molecular weight excluding hydrogens is 350 g/mol. The van der Waals surface area contributed by atoms with E-state index in [0.717, 1.165) is 15.7 Å². The molecule has 1 aliphatic heterocycles. The number of hydrogen-bond donors (Lipinski definition) is 2. The number of aromatic amines is 1. The zero-order valence-electron chi connectivity index (χ0n) is 11.6. The van der Waals surface area contributed by atoms with Crippen LogP contribution in [0.2, 0.25) is 0 Å². The molecule has 1 aromatic carbocycles. The van der Waals surface area contributed by atoms with Crippen molar-refractivity contribution in [1.82, 2.24) is 10.3 Å². The Labute approximate surface area is 135 Å². The number of H-pyrrole nitrogens is 1. The van der Waals surface area contributed by atoms with Crippen LogP contribution in [0.4, 0.5) is 10.5 Å². The summed E-state index contributed by atoms with van der Waals surface area (Å²) in [6, 6.07) is 9.19. The number of amides is 2. The van der Waals surface area contributed by atoms with Gasteiger partial charge in [-0.1, -0.05) is 12.1 Å². The first-order chi connectivity index (χ1) is 10.6. The Morgan fingerprint density at radius 3 is 2.95 bits per heavy atom. The minimum atomic E-state index is -0.336. The molecule has 0 saturated carbocycles. The summed E-state index contributed by atoms with van der Waals surface area (Å²) in [6.45, 7) is 1.33. The van der Waals surface area contributed by atoms with Crippen molar-refractivity contribution in [3.63, 3.8) is 0 Å². The Morgan fingerprint density at radius 1 is 1.41 bits per heavy atom. The molecule has 2 aromatic rings. The third-order valence-electron chi connectivity index (χ3n) is 3.33. The number of carbonyl (C=O) groups is 2. The topological polar surface area (TPSA) is 74.4 Å². The van der Waals surface area contributed by atoms with E-state index >= 15 is 0 Å². The van der Waals surface area contributed by atoms with E-state index in [1.165, 1.54) is 0 Å². The fourth-order valence-electron chi connectivity index (χ4n) is 2.24. The Hall–Kier alpha value is -2.28. The van der Waals surface area contributed by atoms with Gasteiger partial charge in [-0.15, -0.1) is 0 Å². The summed E-state index contributed by atoms with van der Waals surface area (Å²) >= 11 is 3.29. The summed E-state index contributed by atoms with van der Waals surface area (Å²) in [5, 5.41) is 2.83. The summed E-state index contributed by atoms with van der Waals surface area (Å²) in [6.07, 6.45) is 1.37. The zero-order chi connectivity index (χ0) is 15.5. The molecule has 1 aliphatic rings. The largest absolute Gasteiger partial charge is 0.447 e. The van der Waals surface area contributed by atoms with E-state index in [4.69, 9.17) is 4.74 Å². The van der Waals surface area contributed by atoms with Crippen molar-refractivity contribution in [3.05, 3.63) is 52.3 Å². The predicted molar refractivity (Wildman–Crippen MR) is 84.8 cm³/mol. The van der Waals surface area contributed by atoms with Crippen LogP contribution in [0.3, 0.4) is 0 Å². The quantitative estimate of drug-likeness (QED) is 0.876. The highest BCUT2D eigenvalue weighted by molar-refractivity contribution is 9.10. The second-order valence-corrected chi connectivity index (χ2v) is 5.77. The van der Waals surface area contributed by atoms with E-state index < -0.39 is 0 Å². The van der Waals surface area contributed by atoms with Gasteiger partial charge in [0.1, 0.15) is 12.3 Å². The number of cyclic esters (lactones) is 1. The number of nitrogens with zero attached hydrogens (tertiary/aromatic N) is 1. The maximum atomic E-state index is 12.0. The Balaban J connectivity index is 1.65. The number of ether oxygens (including phenoxy) is 1. The Bertz CT molecular complexity index is 714. The molecule has 1 aromatic heterocycles. The number of anilines is 1. The summed E-state index contributed by atoms with van der Waals surface area (Å²) < 4.78 is 5.75. The average molecular weight is 364 g/mol. The highest BCUT2D eigenvalue weighted by Gasteiger charge is 2.23. The molecule has 3 rings (SSSR count). The number of halogens is 1. The molecular formula is C15H14BrN3O3. The third-order valence-corrected chi connectivity index (χ3v) is 3.79. The smallest absolute Gasteiger partial charge is 0.414 e. The molecule has 0 bridgehead atoms. The van der Waals surface area contributed by atoms with Gasteiger partial charge in [0, 0.05) is 22.9 Å². The molecule has 0 atom stereocenters. The summed E-state index contributed by atoms with van der Waals surface area (Å²) in [4.78, 5) is 28.0. The SMILES string of the molecule is O=C(NCc1cccc(N2CCOC2=O)c1)c1cc(Br)c[nH]1. The maximum absolute atomic E-state index is 12.0. The lowest BCUT2D eigenvalue weighted by Gasteiger charge is -2.14. The molecule has 6 nitrogen and oxygen atoms in total. The van der Waals surface area contributed by atoms with Crippen molar-refractivity contribution >= 4 is 33.6 Å². The van der Waals surface area contributed by atoms with Crippen LogP contribution in [0.25, 0.3) is 0 Å². The van der Waals surface area contributed by atoms with Crippen LogP contribution in [0.1, 0.15) is 16.1 Å². The van der Waals surface area contributed by atoms with Crippen LogP contribution in [0.15, 0.2) is 41.0 Å². The lowest BCUT2D eigenvalue weighted by Crippen LogP contribution is -2.25. The lowest BCUT2D eigenvalue weighted by atomic mass is 10.2. The molecule has 1 saturated heterocycles. The van der Waals surface area contributed by atoms with Crippen molar-refractivity contribution < 1.29 is 14.3 Å². The van der Waals surface area contributed by atoms with Crippen LogP contribution in [0.5, 0.6) is 0 Å². The highest BCUT2D eigenvalue weighted by atomic mass is 79.9. The molecule has 7 heteroatoms. The number of rotatable bonds is 4. The van der Waals surface area contributed by atoms with Gasteiger partial charge in [0.25, 0.3) is 5.91 Å². The molecule has 0 aliphatic carbocycles. The minimum absolute atomic E-state index is 0.184. The first-order valence-corrected chi connectivity index (χ1v) is 7.58. The van der Waals surface area contributed by atoms with Crippen LogP contribution in [-0.2, 0) is 11.3 Å². The second-order valence-electron chi connectivity index (χ2n) is 4.85. The van der Waals surface area contributed by atoms with Gasteiger partial charge in [0.05, 0.1) is 6.54 Å². The molecule has 0 unspecified atom stereocenters. The van der Waals surface area contributed by atoms with Crippen LogP contribution < -0.4 is 10.2 Å². The van der Waals surface area contributed by atoms with Crippen molar-refractivity contribution in [2.75, 3.05) is 18.1 Å². The standard InChI is InChI=1S/C15H14BrN3O3/c16-11-7-13(17-9-11)14(20)18-8-10-2-1-3-12(6-10)19-4-5-22-15(19)21/h1-3,6-7,9,17H,4-5,8H2,(H,18,20). The number of carbonyl (C=O) groups excluding carboxylic acids is 2. The van der Waals surface area contributed by atoms with Crippen molar-refractivity contribution in [3.8, 4) is 0 Å². The van der Waals surface area contributed by atoms with Gasteiger partial charge in [-0.05, 0) is 39.7 Å². The maximum Gasteiger partial charge on any atom is 0.414 e. The Morgan fingerprint density at radius 2 is 2.27 bits per heavy atom. The molecule has 22 heavy (non-hydrogen) atoms. The summed E-state index contributed by atoms with van der Waals surface area (Å²) in [5.41, 5.74) is 2.18. The number of benzene rings is 1. The van der Waals surface area contributed by atoms with Crippen LogP contribution >= 0.6 is 15.9 Å². The first-order valence-electron chi connectivity index (χ1n) is 6.79. The number of aromatic nitrogens is 1. The number of hydrogen-bond acceptors (Lipinski definition) is 3. The van der Waals surface area contributed by atoms with Gasteiger partial charge in [0.2, 0.25) is 0 Å². The highest BCUT2D eigenvalue weighted by Crippen LogP contribution is 2.20. The van der Waals surface area contributed by atoms with Crippen molar-refractivity contribution in [1.29, 1.82) is 0 Å². The van der Waals surface area contributed by atoms with E-state index in [1.54, 1.807) is 17.2 Å². The van der Waals surface area contributed by atoms with E-state index in [2.05, 4.69) is 26.2 Å². The Kier molecular flexibility index (Phi) is 4.15. The molecule has 2 amide bonds. The summed E-state index contributed by atoms with van der Waals surface area (Å²) in [7, 11) is 0. The van der Waals surface area contributed by atoms with Gasteiger partial charge in [-0.2, -0.15) is 0 Å². The molecule has 114 valence electrons. The first kappa shape index (κ1) is 14.6. The van der Waals surface area contributed by atoms with E-state index in [-0.39, 0.29) is 12.0 Å². The van der Waals surface area contributed by atoms with Crippen LogP contribution in [-0.4, -0.2) is 30.1 Å². The third kappa shape index (κ3) is 3.14. The van der Waals surface area contributed by atoms with Gasteiger partial charge in [0.15, 0.2) is 0 Å². The second kappa shape index (κ2) is 6.23. The number of nitrogens with one attached hydrogen (secondary N) is 2. The molecule has 0 radical (unpaired) electrons. The van der Waals surface area contributed by atoms with Gasteiger partial charge < -0.3 is 15.0 Å². The van der Waals surface area contributed by atoms with E-state index in [0.29, 0.717) is 25.4 Å².